The van der Waals surface area contributed by atoms with Gasteiger partial charge in [0.15, 0.2) is 0 Å². The minimum Gasteiger partial charge on any atom is -0.384 e. The molecule has 21 heavy (non-hydrogen) atoms. The van der Waals surface area contributed by atoms with Gasteiger partial charge in [-0.25, -0.2) is 13.1 Å². The number of hydrogen-bond acceptors (Lipinski definition) is 5. The fourth-order valence-electron chi connectivity index (χ4n) is 2.54. The minimum atomic E-state index is -3.58. The molecule has 1 aliphatic rings. The molecule has 0 aliphatic heterocycles. The quantitative estimate of drug-likeness (QED) is 0.817. The van der Waals surface area contributed by atoms with Crippen molar-refractivity contribution in [2.75, 3.05) is 6.54 Å². The van der Waals surface area contributed by atoms with E-state index in [0.717, 1.165) is 38.4 Å². The molecule has 1 atom stereocenters. The van der Waals surface area contributed by atoms with Gasteiger partial charge in [0.2, 0.25) is 10.0 Å². The number of hydrogen-bond donors (Lipinski definition) is 2. The van der Waals surface area contributed by atoms with Gasteiger partial charge >= 0.3 is 0 Å². The van der Waals surface area contributed by atoms with Gasteiger partial charge in [-0.3, -0.25) is 0 Å². The number of sulfonamides is 1. The SMILES string of the molecule is O=S(=O)(NCC1(O)CCCc2sccc21)c1ccc(Br)s1. The standard InChI is InChI=1S/C13H14BrNO3S3/c14-11-3-4-12(20-11)21(17,18)15-8-13(16)6-1-2-10-9(13)5-7-19-10/h3-5,7,15-16H,1-2,6,8H2. The van der Waals surface area contributed by atoms with Crippen LogP contribution in [0.5, 0.6) is 0 Å². The second kappa shape index (κ2) is 5.75. The maximum absolute atomic E-state index is 12.3. The lowest BCUT2D eigenvalue weighted by Crippen LogP contribution is -2.42. The predicted molar refractivity (Wildman–Crippen MR) is 88.4 cm³/mol. The molecule has 0 aromatic carbocycles. The van der Waals surface area contributed by atoms with Gasteiger partial charge in [-0.15, -0.1) is 22.7 Å². The van der Waals surface area contributed by atoms with Crippen LogP contribution < -0.4 is 4.72 Å². The highest BCUT2D eigenvalue weighted by atomic mass is 79.9. The van der Waals surface area contributed by atoms with Gasteiger partial charge in [-0.05, 0) is 64.3 Å². The van der Waals surface area contributed by atoms with E-state index >= 15 is 0 Å². The molecule has 2 N–H and O–H groups in total. The maximum atomic E-state index is 12.3. The monoisotopic (exact) mass is 407 g/mol. The number of nitrogens with one attached hydrogen (secondary N) is 1. The van der Waals surface area contributed by atoms with Crippen molar-refractivity contribution >= 4 is 48.6 Å². The summed E-state index contributed by atoms with van der Waals surface area (Å²) < 4.78 is 28.1. The highest BCUT2D eigenvalue weighted by Crippen LogP contribution is 2.38. The van der Waals surface area contributed by atoms with E-state index in [4.69, 9.17) is 0 Å². The largest absolute Gasteiger partial charge is 0.384 e. The van der Waals surface area contributed by atoms with Crippen LogP contribution in [0.25, 0.3) is 0 Å². The van der Waals surface area contributed by atoms with Crippen LogP contribution in [0.2, 0.25) is 0 Å². The summed E-state index contributed by atoms with van der Waals surface area (Å²) >= 11 is 6.03. The number of aryl methyl sites for hydroxylation is 1. The first-order valence-corrected chi connectivity index (χ1v) is 10.4. The predicted octanol–water partition coefficient (Wildman–Crippen LogP) is 3.07. The molecule has 2 heterocycles. The molecule has 4 nitrogen and oxygen atoms in total. The summed E-state index contributed by atoms with van der Waals surface area (Å²) in [5.74, 6) is 0. The van der Waals surface area contributed by atoms with Crippen LogP contribution >= 0.6 is 38.6 Å². The zero-order chi connectivity index (χ0) is 15.1. The van der Waals surface area contributed by atoms with Gasteiger partial charge in [0.25, 0.3) is 0 Å². The molecule has 0 saturated carbocycles. The number of halogens is 1. The molecule has 3 rings (SSSR count). The van der Waals surface area contributed by atoms with E-state index in [0.29, 0.717) is 6.42 Å². The first-order chi connectivity index (χ1) is 9.91. The van der Waals surface area contributed by atoms with Gasteiger partial charge < -0.3 is 5.11 Å². The van der Waals surface area contributed by atoms with E-state index in [1.165, 1.54) is 0 Å². The van der Waals surface area contributed by atoms with Crippen LogP contribution in [0.3, 0.4) is 0 Å². The Hall–Kier alpha value is -0.250. The Labute approximate surface area is 140 Å². The van der Waals surface area contributed by atoms with Gasteiger partial charge in [0, 0.05) is 11.4 Å². The molecule has 0 spiro atoms. The third kappa shape index (κ3) is 3.11. The van der Waals surface area contributed by atoms with Crippen molar-refractivity contribution in [1.29, 1.82) is 0 Å². The molecule has 8 heteroatoms. The summed E-state index contributed by atoms with van der Waals surface area (Å²) in [5, 5.41) is 12.8. The number of rotatable bonds is 4. The molecule has 2 aromatic heterocycles. The molecular weight excluding hydrogens is 394 g/mol. The Morgan fingerprint density at radius 1 is 1.38 bits per heavy atom. The Bertz CT molecular complexity index is 752. The van der Waals surface area contributed by atoms with Gasteiger partial charge in [-0.2, -0.15) is 0 Å². The van der Waals surface area contributed by atoms with Gasteiger partial charge in [0.05, 0.1) is 3.79 Å². The van der Waals surface area contributed by atoms with Gasteiger partial charge in [-0.1, -0.05) is 0 Å². The van der Waals surface area contributed by atoms with E-state index in [1.807, 2.05) is 11.4 Å². The molecular formula is C13H14BrNO3S3. The minimum absolute atomic E-state index is 0.00852. The fraction of sp³-hybridized carbons (Fsp3) is 0.385. The van der Waals surface area contributed by atoms with Crippen molar-refractivity contribution in [3.63, 3.8) is 0 Å². The molecule has 2 aromatic rings. The van der Waals surface area contributed by atoms with Crippen molar-refractivity contribution < 1.29 is 13.5 Å². The second-order valence-electron chi connectivity index (χ2n) is 5.03. The van der Waals surface area contributed by atoms with E-state index < -0.39 is 15.6 Å². The first kappa shape index (κ1) is 15.6. The van der Waals surface area contributed by atoms with Crippen molar-refractivity contribution in [3.8, 4) is 0 Å². The van der Waals surface area contributed by atoms with Gasteiger partial charge in [0.1, 0.15) is 9.81 Å². The fourth-order valence-corrected chi connectivity index (χ4v) is 6.70. The Morgan fingerprint density at radius 3 is 2.90 bits per heavy atom. The normalized spacial score (nSPS) is 22.2. The smallest absolute Gasteiger partial charge is 0.250 e. The molecule has 0 radical (unpaired) electrons. The highest BCUT2D eigenvalue weighted by Gasteiger charge is 2.36. The average Bonchev–Trinajstić information content (AvgIpc) is 3.06. The number of aliphatic hydroxyl groups is 1. The Balaban J connectivity index is 1.79. The van der Waals surface area contributed by atoms with E-state index in [2.05, 4.69) is 20.7 Å². The average molecular weight is 408 g/mol. The molecule has 0 saturated heterocycles. The third-order valence-electron chi connectivity index (χ3n) is 3.61. The molecule has 0 amide bonds. The van der Waals surface area contributed by atoms with Crippen molar-refractivity contribution in [3.05, 3.63) is 37.8 Å². The van der Waals surface area contributed by atoms with Crippen LogP contribution in [0, 0.1) is 0 Å². The zero-order valence-corrected chi connectivity index (χ0v) is 15.0. The summed E-state index contributed by atoms with van der Waals surface area (Å²) in [6.07, 6.45) is 2.41. The van der Waals surface area contributed by atoms with Crippen LogP contribution in [0.1, 0.15) is 23.3 Å². The van der Waals surface area contributed by atoms with Crippen LogP contribution in [0.15, 0.2) is 31.6 Å². The Kier molecular flexibility index (Phi) is 4.28. The lowest BCUT2D eigenvalue weighted by molar-refractivity contribution is 0.0252. The molecule has 0 bridgehead atoms. The third-order valence-corrected chi connectivity index (χ3v) is 8.11. The van der Waals surface area contributed by atoms with Crippen molar-refractivity contribution in [1.82, 2.24) is 4.72 Å². The maximum Gasteiger partial charge on any atom is 0.250 e. The van der Waals surface area contributed by atoms with Crippen LogP contribution in [-0.4, -0.2) is 20.1 Å². The zero-order valence-electron chi connectivity index (χ0n) is 11.0. The molecule has 1 aliphatic carbocycles. The van der Waals surface area contributed by atoms with Crippen molar-refractivity contribution in [2.45, 2.75) is 29.1 Å². The molecule has 114 valence electrons. The van der Waals surface area contributed by atoms with E-state index in [9.17, 15) is 13.5 Å². The van der Waals surface area contributed by atoms with Crippen LogP contribution in [-0.2, 0) is 22.0 Å². The highest BCUT2D eigenvalue weighted by molar-refractivity contribution is 9.11. The van der Waals surface area contributed by atoms with Crippen molar-refractivity contribution in [2.24, 2.45) is 0 Å². The summed E-state index contributed by atoms with van der Waals surface area (Å²) in [6, 6.07) is 5.15. The topological polar surface area (TPSA) is 66.4 Å². The summed E-state index contributed by atoms with van der Waals surface area (Å²) in [5.41, 5.74) is -0.233. The summed E-state index contributed by atoms with van der Waals surface area (Å²) in [7, 11) is -3.58. The van der Waals surface area contributed by atoms with Crippen LogP contribution in [0.4, 0.5) is 0 Å². The van der Waals surface area contributed by atoms with E-state index in [-0.39, 0.29) is 10.8 Å². The second-order valence-corrected chi connectivity index (χ2v) is 10.5. The Morgan fingerprint density at radius 2 is 2.19 bits per heavy atom. The molecule has 0 fully saturated rings. The lowest BCUT2D eigenvalue weighted by Gasteiger charge is -2.32. The first-order valence-electron chi connectivity index (χ1n) is 6.45. The summed E-state index contributed by atoms with van der Waals surface area (Å²) in [6.45, 7) is 0.00852. The molecule has 1 unspecified atom stereocenters. The van der Waals surface area contributed by atoms with E-state index in [1.54, 1.807) is 23.5 Å². The lowest BCUT2D eigenvalue weighted by atomic mass is 9.83. The number of fused-ring (bicyclic) bond motifs is 1. The summed E-state index contributed by atoms with van der Waals surface area (Å²) in [4.78, 5) is 1.15. The number of thiophene rings is 2.